The van der Waals surface area contributed by atoms with E-state index in [-0.39, 0.29) is 10.7 Å². The zero-order chi connectivity index (χ0) is 14.9. The third-order valence-corrected chi connectivity index (χ3v) is 3.16. The second-order valence-corrected chi connectivity index (χ2v) is 4.85. The number of hydrogen-bond acceptors (Lipinski definition) is 3. The first kappa shape index (κ1) is 14.6. The summed E-state index contributed by atoms with van der Waals surface area (Å²) in [5.74, 6) is -1.06. The number of nitrogens with one attached hydrogen (secondary N) is 1. The zero-order valence-electron chi connectivity index (χ0n) is 11.2. The van der Waals surface area contributed by atoms with Crippen molar-refractivity contribution in [2.75, 3.05) is 11.1 Å². The molecule has 0 radical (unpaired) electrons. The molecule has 4 nitrogen and oxygen atoms in total. The number of nitrogen functional groups attached to an aromatic ring is 1. The Hall–Kier alpha value is -1.82. The Bertz CT molecular complexity index is 617. The van der Waals surface area contributed by atoms with Gasteiger partial charge in [-0.3, -0.25) is 0 Å². The number of aromatic nitrogens is 2. The van der Waals surface area contributed by atoms with Gasteiger partial charge in [-0.15, -0.1) is 0 Å². The Labute approximate surface area is 120 Å². The number of anilines is 3. The van der Waals surface area contributed by atoms with Crippen molar-refractivity contribution in [3.63, 3.8) is 0 Å². The van der Waals surface area contributed by atoms with Crippen molar-refractivity contribution < 1.29 is 8.78 Å². The lowest BCUT2D eigenvalue weighted by Gasteiger charge is -2.12. The van der Waals surface area contributed by atoms with Crippen molar-refractivity contribution in [3.05, 3.63) is 34.5 Å². The van der Waals surface area contributed by atoms with Crippen LogP contribution in [-0.4, -0.2) is 9.78 Å². The van der Waals surface area contributed by atoms with Crippen LogP contribution in [0.1, 0.15) is 19.0 Å². The molecule has 0 aliphatic rings. The molecule has 20 heavy (non-hydrogen) atoms. The molecule has 1 aromatic carbocycles. The Kier molecular flexibility index (Phi) is 4.13. The zero-order valence-corrected chi connectivity index (χ0v) is 11.9. The van der Waals surface area contributed by atoms with Gasteiger partial charge < -0.3 is 11.1 Å². The fourth-order valence-corrected chi connectivity index (χ4v) is 2.12. The third-order valence-electron chi connectivity index (χ3n) is 2.86. The number of halogens is 3. The lowest BCUT2D eigenvalue weighted by atomic mass is 10.3. The van der Waals surface area contributed by atoms with Crippen molar-refractivity contribution in [1.29, 1.82) is 0 Å². The van der Waals surface area contributed by atoms with Crippen molar-refractivity contribution in [2.45, 2.75) is 26.8 Å². The average molecular weight is 301 g/mol. The predicted molar refractivity (Wildman–Crippen MR) is 76.3 cm³/mol. The maximum atomic E-state index is 13.8. The van der Waals surface area contributed by atoms with Crippen LogP contribution in [0.3, 0.4) is 0 Å². The predicted octanol–water partition coefficient (Wildman–Crippen LogP) is 3.86. The van der Waals surface area contributed by atoms with Crippen molar-refractivity contribution in [3.8, 4) is 0 Å². The van der Waals surface area contributed by atoms with Gasteiger partial charge in [0.05, 0.1) is 22.1 Å². The molecule has 1 heterocycles. The van der Waals surface area contributed by atoms with E-state index >= 15 is 0 Å². The molecule has 0 aliphatic heterocycles. The van der Waals surface area contributed by atoms with Gasteiger partial charge in [0.2, 0.25) is 0 Å². The average Bonchev–Trinajstić information content (AvgIpc) is 2.61. The van der Waals surface area contributed by atoms with Gasteiger partial charge in [-0.1, -0.05) is 18.5 Å². The molecule has 0 fully saturated rings. The molecule has 0 unspecified atom stereocenters. The van der Waals surface area contributed by atoms with Crippen LogP contribution in [0.2, 0.25) is 5.02 Å². The highest BCUT2D eigenvalue weighted by molar-refractivity contribution is 6.33. The summed E-state index contributed by atoms with van der Waals surface area (Å²) in [6.07, 6.45) is 0.842. The lowest BCUT2D eigenvalue weighted by Crippen LogP contribution is -2.07. The summed E-state index contributed by atoms with van der Waals surface area (Å²) in [4.78, 5) is 0. The van der Waals surface area contributed by atoms with Gasteiger partial charge in [-0.05, 0) is 19.4 Å². The molecular formula is C13H15ClF2N4. The molecule has 0 spiro atoms. The first-order valence-electron chi connectivity index (χ1n) is 6.18. The summed E-state index contributed by atoms with van der Waals surface area (Å²) < 4.78 is 28.5. The van der Waals surface area contributed by atoms with Gasteiger partial charge in [0.25, 0.3) is 0 Å². The second kappa shape index (κ2) is 5.66. The Balaban J connectivity index is 2.44. The van der Waals surface area contributed by atoms with Crippen LogP contribution in [0, 0.1) is 18.6 Å². The Morgan fingerprint density at radius 3 is 2.70 bits per heavy atom. The molecule has 2 rings (SSSR count). The van der Waals surface area contributed by atoms with Crippen LogP contribution in [0.15, 0.2) is 12.1 Å². The normalized spacial score (nSPS) is 10.8. The van der Waals surface area contributed by atoms with E-state index < -0.39 is 11.6 Å². The van der Waals surface area contributed by atoms with Crippen LogP contribution in [0.5, 0.6) is 0 Å². The van der Waals surface area contributed by atoms with Gasteiger partial charge in [-0.2, -0.15) is 5.10 Å². The van der Waals surface area contributed by atoms with Gasteiger partial charge in [-0.25, -0.2) is 13.5 Å². The number of rotatable bonds is 4. The summed E-state index contributed by atoms with van der Waals surface area (Å²) in [7, 11) is 0. The minimum Gasteiger partial charge on any atom is -0.394 e. The summed E-state index contributed by atoms with van der Waals surface area (Å²) in [5.41, 5.74) is 6.96. The van der Waals surface area contributed by atoms with E-state index in [0.29, 0.717) is 23.7 Å². The van der Waals surface area contributed by atoms with Crippen molar-refractivity contribution >= 4 is 28.8 Å². The first-order valence-corrected chi connectivity index (χ1v) is 6.56. The van der Waals surface area contributed by atoms with Crippen LogP contribution in [0.4, 0.5) is 26.0 Å². The number of nitrogens with two attached hydrogens (primary N) is 1. The number of hydrogen-bond donors (Lipinski definition) is 2. The lowest BCUT2D eigenvalue weighted by molar-refractivity contribution is 0.584. The maximum Gasteiger partial charge on any atom is 0.152 e. The molecular weight excluding hydrogens is 286 g/mol. The smallest absolute Gasteiger partial charge is 0.152 e. The van der Waals surface area contributed by atoms with E-state index in [0.717, 1.165) is 18.6 Å². The van der Waals surface area contributed by atoms with E-state index in [9.17, 15) is 8.78 Å². The van der Waals surface area contributed by atoms with Gasteiger partial charge >= 0.3 is 0 Å². The molecule has 1 aromatic heterocycles. The number of benzene rings is 1. The summed E-state index contributed by atoms with van der Waals surface area (Å²) in [6, 6.07) is 1.80. The number of nitrogens with zero attached hydrogens (tertiary/aromatic N) is 2. The molecule has 108 valence electrons. The molecule has 0 aliphatic carbocycles. The van der Waals surface area contributed by atoms with Gasteiger partial charge in [0, 0.05) is 12.6 Å². The maximum absolute atomic E-state index is 13.8. The second-order valence-electron chi connectivity index (χ2n) is 4.44. The minimum absolute atomic E-state index is 0.0166. The Morgan fingerprint density at radius 2 is 2.10 bits per heavy atom. The molecule has 0 atom stereocenters. The largest absolute Gasteiger partial charge is 0.394 e. The molecule has 3 N–H and O–H groups in total. The van der Waals surface area contributed by atoms with Crippen LogP contribution in [-0.2, 0) is 6.54 Å². The van der Waals surface area contributed by atoms with Crippen molar-refractivity contribution in [2.24, 2.45) is 0 Å². The standard InChI is InChI=1S/C13H15ClF2N4/c1-3-4-20-13(11(17)7(2)19-20)18-12-9(14)5-8(15)6-10(12)16/h5-6,18H,3-4,17H2,1-2H3. The number of aryl methyl sites for hydroxylation is 2. The molecule has 0 amide bonds. The molecule has 7 heteroatoms. The molecule has 0 bridgehead atoms. The van der Waals surface area contributed by atoms with Crippen LogP contribution < -0.4 is 11.1 Å². The van der Waals surface area contributed by atoms with E-state index in [4.69, 9.17) is 17.3 Å². The fourth-order valence-electron chi connectivity index (χ4n) is 1.88. The molecule has 0 saturated carbocycles. The van der Waals surface area contributed by atoms with Gasteiger partial charge in [0.15, 0.2) is 11.6 Å². The first-order chi connectivity index (χ1) is 9.43. The van der Waals surface area contributed by atoms with Gasteiger partial charge in [0.1, 0.15) is 5.82 Å². The van der Waals surface area contributed by atoms with E-state index in [1.807, 2.05) is 6.92 Å². The van der Waals surface area contributed by atoms with Crippen LogP contribution >= 0.6 is 11.6 Å². The van der Waals surface area contributed by atoms with E-state index in [1.165, 1.54) is 0 Å². The van der Waals surface area contributed by atoms with Crippen molar-refractivity contribution in [1.82, 2.24) is 9.78 Å². The summed E-state index contributed by atoms with van der Waals surface area (Å²) >= 11 is 5.86. The highest BCUT2D eigenvalue weighted by Crippen LogP contribution is 2.32. The summed E-state index contributed by atoms with van der Waals surface area (Å²) in [5, 5.41) is 7.02. The highest BCUT2D eigenvalue weighted by atomic mass is 35.5. The Morgan fingerprint density at radius 1 is 1.40 bits per heavy atom. The van der Waals surface area contributed by atoms with E-state index in [2.05, 4.69) is 10.4 Å². The van der Waals surface area contributed by atoms with E-state index in [1.54, 1.807) is 11.6 Å². The SMILES string of the molecule is CCCn1nc(C)c(N)c1Nc1c(F)cc(F)cc1Cl. The summed E-state index contributed by atoms with van der Waals surface area (Å²) in [6.45, 7) is 4.37. The quantitative estimate of drug-likeness (QED) is 0.901. The fraction of sp³-hybridized carbons (Fsp3) is 0.308. The monoisotopic (exact) mass is 300 g/mol. The minimum atomic E-state index is -0.781. The third kappa shape index (κ3) is 2.70. The molecule has 0 saturated heterocycles. The van der Waals surface area contributed by atoms with Crippen LogP contribution in [0.25, 0.3) is 0 Å². The highest BCUT2D eigenvalue weighted by Gasteiger charge is 2.16. The molecule has 2 aromatic rings. The topological polar surface area (TPSA) is 55.9 Å².